The third kappa shape index (κ3) is 23.6. The van der Waals surface area contributed by atoms with Crippen LogP contribution in [0.4, 0.5) is 0 Å². The average Bonchev–Trinajstić information content (AvgIpc) is 1.83. The molecule has 0 saturated heterocycles. The molecule has 0 amide bonds. The van der Waals surface area contributed by atoms with E-state index in [1.54, 1.807) is 0 Å². The Morgan fingerprint density at radius 1 is 0.778 bits per heavy atom. The number of hydrogen-bond donors (Lipinski definition) is 3. The van der Waals surface area contributed by atoms with E-state index in [-0.39, 0.29) is 32.9 Å². The minimum atomic E-state index is -1.54. The Bertz CT molecular complexity index is 255. The first kappa shape index (κ1) is 44.6. The monoisotopic (exact) mass is 282 g/mol. The molecular weight excluding hydrogens is 264 g/mol. The van der Waals surface area contributed by atoms with Crippen LogP contribution in [0.3, 0.4) is 0 Å². The minimum Gasteiger partial charge on any atom is -0.481 e. The van der Waals surface area contributed by atoms with Crippen molar-refractivity contribution in [2.75, 3.05) is 0 Å². The molecule has 12 nitrogen and oxygen atoms in total. The lowest BCUT2D eigenvalue weighted by molar-refractivity contribution is -0.140. The third-order valence-electron chi connectivity index (χ3n) is 0.914. The van der Waals surface area contributed by atoms with Crippen LogP contribution in [0.1, 0.15) is 6.42 Å². The van der Waals surface area contributed by atoms with E-state index in [0.29, 0.717) is 6.08 Å². The van der Waals surface area contributed by atoms with Crippen LogP contribution in [0.5, 0.6) is 0 Å². The van der Waals surface area contributed by atoms with E-state index in [9.17, 15) is 14.4 Å². The Labute approximate surface area is 99.6 Å². The van der Waals surface area contributed by atoms with Gasteiger partial charge in [-0.3, -0.25) is 4.79 Å². The molecule has 0 fully saturated rings. The molecule has 0 aliphatic heterocycles. The number of carbonyl (C=O) groups is 3. The Kier molecular flexibility index (Phi) is 50.3. The number of hydrogen-bond acceptors (Lipinski definition) is 3. The Balaban J connectivity index is -0.0000000403. The second kappa shape index (κ2) is 20.3. The van der Waals surface area contributed by atoms with Crippen molar-refractivity contribution in [3.8, 4) is 0 Å². The molecular formula is C6H18O12. The van der Waals surface area contributed by atoms with E-state index in [4.69, 9.17) is 15.3 Å². The normalized spacial score (nSPS) is 7.22. The summed E-state index contributed by atoms with van der Waals surface area (Å²) in [6.45, 7) is 0. The summed E-state index contributed by atoms with van der Waals surface area (Å²) in [5.74, 6) is -4.40. The average molecular weight is 282 g/mol. The van der Waals surface area contributed by atoms with Crippen molar-refractivity contribution in [2.45, 2.75) is 6.42 Å². The SMILES string of the molecule is O.O.O.O.O.O.O=C(O)C=C(CC(=O)O)C(=O)O. The fraction of sp³-hybridized carbons (Fsp3) is 0.167. The molecule has 0 aromatic rings. The highest BCUT2D eigenvalue weighted by atomic mass is 16.4. The molecule has 0 spiro atoms. The largest absolute Gasteiger partial charge is 0.481 e. The van der Waals surface area contributed by atoms with Crippen molar-refractivity contribution < 1.29 is 62.6 Å². The predicted molar refractivity (Wildman–Crippen MR) is 57.3 cm³/mol. The smallest absolute Gasteiger partial charge is 0.332 e. The first-order valence-corrected chi connectivity index (χ1v) is 2.82. The lowest BCUT2D eigenvalue weighted by Crippen LogP contribution is -2.08. The second-order valence-corrected chi connectivity index (χ2v) is 1.88. The zero-order valence-electron chi connectivity index (χ0n) is 8.85. The second-order valence-electron chi connectivity index (χ2n) is 1.88. The van der Waals surface area contributed by atoms with Gasteiger partial charge in [0, 0.05) is 6.08 Å². The first-order chi connectivity index (χ1) is 5.43. The van der Waals surface area contributed by atoms with Crippen LogP contribution in [0.2, 0.25) is 0 Å². The summed E-state index contributed by atoms with van der Waals surface area (Å²) in [6, 6.07) is 0. The van der Waals surface area contributed by atoms with E-state index in [0.717, 1.165) is 0 Å². The van der Waals surface area contributed by atoms with Gasteiger partial charge in [-0.1, -0.05) is 0 Å². The maximum absolute atomic E-state index is 10.2. The van der Waals surface area contributed by atoms with Crippen LogP contribution in [0, 0.1) is 0 Å². The van der Waals surface area contributed by atoms with Crippen LogP contribution in [-0.4, -0.2) is 66.1 Å². The summed E-state index contributed by atoms with van der Waals surface area (Å²) in [7, 11) is 0. The molecule has 15 N–H and O–H groups in total. The van der Waals surface area contributed by atoms with Crippen molar-refractivity contribution in [1.82, 2.24) is 0 Å². The topological polar surface area (TPSA) is 301 Å². The zero-order valence-corrected chi connectivity index (χ0v) is 8.85. The van der Waals surface area contributed by atoms with Crippen molar-refractivity contribution in [1.29, 1.82) is 0 Å². The highest BCUT2D eigenvalue weighted by Gasteiger charge is 2.12. The number of carboxylic acids is 3. The van der Waals surface area contributed by atoms with E-state index in [1.165, 1.54) is 0 Å². The molecule has 0 aliphatic rings. The van der Waals surface area contributed by atoms with Crippen LogP contribution >= 0.6 is 0 Å². The minimum absolute atomic E-state index is 0. The van der Waals surface area contributed by atoms with Crippen molar-refractivity contribution in [2.24, 2.45) is 0 Å². The van der Waals surface area contributed by atoms with E-state index in [1.807, 2.05) is 0 Å². The van der Waals surface area contributed by atoms with Gasteiger partial charge >= 0.3 is 17.9 Å². The molecule has 12 heteroatoms. The molecule has 0 radical (unpaired) electrons. The van der Waals surface area contributed by atoms with Gasteiger partial charge in [0.1, 0.15) is 0 Å². The zero-order chi connectivity index (χ0) is 9.72. The van der Waals surface area contributed by atoms with Crippen LogP contribution < -0.4 is 0 Å². The molecule has 0 heterocycles. The van der Waals surface area contributed by atoms with Gasteiger partial charge in [-0.15, -0.1) is 0 Å². The molecule has 0 aromatic heterocycles. The van der Waals surface area contributed by atoms with Gasteiger partial charge in [0.25, 0.3) is 0 Å². The Hall–Kier alpha value is -2.09. The van der Waals surface area contributed by atoms with Crippen molar-refractivity contribution in [3.05, 3.63) is 11.6 Å². The lowest BCUT2D eigenvalue weighted by Gasteiger charge is -1.94. The third-order valence-corrected chi connectivity index (χ3v) is 0.914. The fourth-order valence-electron chi connectivity index (χ4n) is 0.500. The summed E-state index contributed by atoms with van der Waals surface area (Å²) in [6.07, 6.45) is -0.446. The molecule has 0 bridgehead atoms. The molecule has 0 unspecified atom stereocenters. The maximum Gasteiger partial charge on any atom is 0.332 e. The molecule has 18 heavy (non-hydrogen) atoms. The van der Waals surface area contributed by atoms with Crippen molar-refractivity contribution >= 4 is 17.9 Å². The first-order valence-electron chi connectivity index (χ1n) is 2.82. The molecule has 0 rings (SSSR count). The summed E-state index contributed by atoms with van der Waals surface area (Å²) in [4.78, 5) is 30.1. The molecule has 0 aliphatic carbocycles. The van der Waals surface area contributed by atoms with Gasteiger partial charge in [-0.25, -0.2) is 9.59 Å². The Morgan fingerprint density at radius 2 is 1.11 bits per heavy atom. The van der Waals surface area contributed by atoms with Crippen LogP contribution in [-0.2, 0) is 14.4 Å². The van der Waals surface area contributed by atoms with Gasteiger partial charge in [-0.2, -0.15) is 0 Å². The van der Waals surface area contributed by atoms with E-state index < -0.39 is 29.9 Å². The maximum atomic E-state index is 10.2. The highest BCUT2D eigenvalue weighted by Crippen LogP contribution is 2.00. The summed E-state index contributed by atoms with van der Waals surface area (Å²) in [5, 5.41) is 24.5. The summed E-state index contributed by atoms with van der Waals surface area (Å²) >= 11 is 0. The van der Waals surface area contributed by atoms with Crippen LogP contribution in [0.15, 0.2) is 11.6 Å². The van der Waals surface area contributed by atoms with Gasteiger partial charge in [-0.05, 0) is 0 Å². The lowest BCUT2D eigenvalue weighted by atomic mass is 10.2. The number of rotatable bonds is 4. The predicted octanol–water partition coefficient (Wildman–Crippen LogP) is -5.39. The molecule has 0 aromatic carbocycles. The summed E-state index contributed by atoms with van der Waals surface area (Å²) < 4.78 is 0. The van der Waals surface area contributed by atoms with E-state index in [2.05, 4.69) is 0 Å². The number of aliphatic carboxylic acids is 3. The van der Waals surface area contributed by atoms with E-state index >= 15 is 0 Å². The number of carboxylic acid groups (broad SMARTS) is 3. The van der Waals surface area contributed by atoms with Gasteiger partial charge in [0.05, 0.1) is 12.0 Å². The Morgan fingerprint density at radius 3 is 1.28 bits per heavy atom. The molecule has 0 atom stereocenters. The highest BCUT2D eigenvalue weighted by molar-refractivity contribution is 5.98. The molecule has 114 valence electrons. The van der Waals surface area contributed by atoms with Crippen molar-refractivity contribution in [3.63, 3.8) is 0 Å². The molecule has 0 saturated carbocycles. The standard InChI is InChI=1S/C6H6O6.6H2O/c7-4(8)1-3(6(11)12)2-5(9)10;;;;;;/h1H,2H2,(H,7,8)(H,9,10)(H,11,12);6*1H2. The van der Waals surface area contributed by atoms with Gasteiger partial charge in [0.15, 0.2) is 0 Å². The van der Waals surface area contributed by atoms with Gasteiger partial charge in [0.2, 0.25) is 0 Å². The fourth-order valence-corrected chi connectivity index (χ4v) is 0.500. The van der Waals surface area contributed by atoms with Crippen LogP contribution in [0.25, 0.3) is 0 Å². The van der Waals surface area contributed by atoms with Gasteiger partial charge < -0.3 is 48.2 Å². The summed E-state index contributed by atoms with van der Waals surface area (Å²) in [5.41, 5.74) is -0.657. The quantitative estimate of drug-likeness (QED) is 0.421.